The van der Waals surface area contributed by atoms with Crippen molar-refractivity contribution in [1.29, 1.82) is 0 Å². The van der Waals surface area contributed by atoms with Crippen LogP contribution in [0, 0.1) is 11.8 Å². The van der Waals surface area contributed by atoms with Crippen LogP contribution < -0.4 is 5.32 Å². The molecule has 0 bridgehead atoms. The van der Waals surface area contributed by atoms with Gasteiger partial charge < -0.3 is 10.4 Å². The molecule has 0 fully saturated rings. The lowest BCUT2D eigenvalue weighted by atomic mass is 10.1. The highest BCUT2D eigenvalue weighted by atomic mass is 16.3. The molecule has 0 aromatic rings. The molecule has 2 N–H and O–H groups in total. The standard InChI is InChI=1S/C8H15NO/c1-8(2,10)6-4-5-7-9-3/h9-10H,6-7H2,1-3H3. The van der Waals surface area contributed by atoms with Crippen LogP contribution in [0.5, 0.6) is 0 Å². The van der Waals surface area contributed by atoms with Crippen LogP contribution in [0.2, 0.25) is 0 Å². The normalized spacial score (nSPS) is 10.4. The van der Waals surface area contributed by atoms with E-state index in [4.69, 9.17) is 0 Å². The predicted molar refractivity (Wildman–Crippen MR) is 42.6 cm³/mol. The predicted octanol–water partition coefficient (Wildman–Crippen LogP) is 0.370. The van der Waals surface area contributed by atoms with E-state index in [1.807, 2.05) is 7.05 Å². The Morgan fingerprint density at radius 2 is 2.00 bits per heavy atom. The summed E-state index contributed by atoms with van der Waals surface area (Å²) in [5, 5.41) is 12.1. The van der Waals surface area contributed by atoms with Crippen molar-refractivity contribution in [3.05, 3.63) is 0 Å². The Kier molecular flexibility index (Phi) is 4.10. The molecule has 0 heterocycles. The van der Waals surface area contributed by atoms with Gasteiger partial charge in [0.25, 0.3) is 0 Å². The van der Waals surface area contributed by atoms with E-state index >= 15 is 0 Å². The van der Waals surface area contributed by atoms with Crippen LogP contribution in [0.4, 0.5) is 0 Å². The first-order valence-electron chi connectivity index (χ1n) is 3.39. The van der Waals surface area contributed by atoms with Crippen LogP contribution in [0.25, 0.3) is 0 Å². The first kappa shape index (κ1) is 9.48. The van der Waals surface area contributed by atoms with Crippen LogP contribution >= 0.6 is 0 Å². The number of nitrogens with one attached hydrogen (secondary N) is 1. The van der Waals surface area contributed by atoms with Gasteiger partial charge in [0.15, 0.2) is 0 Å². The van der Waals surface area contributed by atoms with E-state index in [9.17, 15) is 5.11 Å². The molecule has 0 saturated carbocycles. The average molecular weight is 141 g/mol. The molecule has 0 atom stereocenters. The third-order valence-corrected chi connectivity index (χ3v) is 0.911. The second-order valence-electron chi connectivity index (χ2n) is 2.87. The molecule has 58 valence electrons. The molecule has 2 heteroatoms. The lowest BCUT2D eigenvalue weighted by molar-refractivity contribution is 0.0862. The maximum Gasteiger partial charge on any atom is 0.0700 e. The summed E-state index contributed by atoms with van der Waals surface area (Å²) in [7, 11) is 1.85. The molecule has 0 aliphatic heterocycles. The largest absolute Gasteiger partial charge is 0.389 e. The minimum Gasteiger partial charge on any atom is -0.389 e. The fourth-order valence-corrected chi connectivity index (χ4v) is 0.430. The number of rotatable bonds is 2. The van der Waals surface area contributed by atoms with Crippen molar-refractivity contribution in [2.45, 2.75) is 25.9 Å². The molecular formula is C8H15NO. The molecule has 0 aliphatic rings. The summed E-state index contributed by atoms with van der Waals surface area (Å²) in [5.41, 5.74) is -0.652. The molecule has 0 aromatic carbocycles. The van der Waals surface area contributed by atoms with Gasteiger partial charge in [-0.25, -0.2) is 0 Å². The van der Waals surface area contributed by atoms with Crippen molar-refractivity contribution in [1.82, 2.24) is 5.32 Å². The maximum absolute atomic E-state index is 9.19. The molecule has 10 heavy (non-hydrogen) atoms. The zero-order valence-electron chi connectivity index (χ0n) is 6.86. The summed E-state index contributed by atoms with van der Waals surface area (Å²) >= 11 is 0. The summed E-state index contributed by atoms with van der Waals surface area (Å²) in [6.45, 7) is 4.19. The maximum atomic E-state index is 9.19. The summed E-state index contributed by atoms with van der Waals surface area (Å²) in [6.07, 6.45) is 0.536. The minimum atomic E-state index is -0.652. The number of hydrogen-bond acceptors (Lipinski definition) is 2. The van der Waals surface area contributed by atoms with Crippen molar-refractivity contribution in [2.75, 3.05) is 13.6 Å². The fourth-order valence-electron chi connectivity index (χ4n) is 0.430. The van der Waals surface area contributed by atoms with E-state index in [2.05, 4.69) is 17.2 Å². The van der Waals surface area contributed by atoms with Gasteiger partial charge in [0, 0.05) is 6.42 Å². The molecule has 2 nitrogen and oxygen atoms in total. The molecule has 0 aliphatic carbocycles. The second kappa shape index (κ2) is 4.32. The Labute approximate surface area is 62.6 Å². The van der Waals surface area contributed by atoms with Gasteiger partial charge in [-0.3, -0.25) is 0 Å². The lowest BCUT2D eigenvalue weighted by Crippen LogP contribution is -2.17. The zero-order valence-corrected chi connectivity index (χ0v) is 6.86. The molecule has 0 aromatic heterocycles. The van der Waals surface area contributed by atoms with Gasteiger partial charge in [0.1, 0.15) is 0 Å². The van der Waals surface area contributed by atoms with E-state index in [0.29, 0.717) is 13.0 Å². The third-order valence-electron chi connectivity index (χ3n) is 0.911. The van der Waals surface area contributed by atoms with Gasteiger partial charge >= 0.3 is 0 Å². The first-order valence-corrected chi connectivity index (χ1v) is 3.39. The first-order chi connectivity index (χ1) is 4.56. The highest BCUT2D eigenvalue weighted by molar-refractivity contribution is 5.03. The summed E-state index contributed by atoms with van der Waals surface area (Å²) in [5.74, 6) is 5.73. The Bertz CT molecular complexity index is 136. The molecule has 0 saturated heterocycles. The second-order valence-corrected chi connectivity index (χ2v) is 2.87. The van der Waals surface area contributed by atoms with Crippen molar-refractivity contribution < 1.29 is 5.11 Å². The van der Waals surface area contributed by atoms with Gasteiger partial charge in [-0.1, -0.05) is 11.8 Å². The monoisotopic (exact) mass is 141 g/mol. The van der Waals surface area contributed by atoms with E-state index in [0.717, 1.165) is 0 Å². The quantitative estimate of drug-likeness (QED) is 0.545. The molecule has 0 amide bonds. The molecule has 0 radical (unpaired) electrons. The summed E-state index contributed by atoms with van der Waals surface area (Å²) in [4.78, 5) is 0. The molecular weight excluding hydrogens is 126 g/mol. The van der Waals surface area contributed by atoms with Gasteiger partial charge in [-0.05, 0) is 20.9 Å². The lowest BCUT2D eigenvalue weighted by Gasteiger charge is -2.11. The Balaban J connectivity index is 3.46. The van der Waals surface area contributed by atoms with Crippen LogP contribution in [0.3, 0.4) is 0 Å². The zero-order chi connectivity index (χ0) is 8.04. The van der Waals surface area contributed by atoms with Crippen LogP contribution in [0.15, 0.2) is 0 Å². The Hall–Kier alpha value is -0.520. The van der Waals surface area contributed by atoms with E-state index < -0.39 is 5.60 Å². The van der Waals surface area contributed by atoms with E-state index in [-0.39, 0.29) is 0 Å². The molecule has 0 rings (SSSR count). The third kappa shape index (κ3) is 7.48. The van der Waals surface area contributed by atoms with Crippen molar-refractivity contribution in [2.24, 2.45) is 0 Å². The van der Waals surface area contributed by atoms with Crippen molar-refractivity contribution >= 4 is 0 Å². The molecule has 0 spiro atoms. The van der Waals surface area contributed by atoms with Crippen LogP contribution in [0.1, 0.15) is 20.3 Å². The van der Waals surface area contributed by atoms with Crippen LogP contribution in [-0.2, 0) is 0 Å². The topological polar surface area (TPSA) is 32.3 Å². The van der Waals surface area contributed by atoms with E-state index in [1.54, 1.807) is 13.8 Å². The number of hydrogen-bond donors (Lipinski definition) is 2. The van der Waals surface area contributed by atoms with Gasteiger partial charge in [0.2, 0.25) is 0 Å². The van der Waals surface area contributed by atoms with E-state index in [1.165, 1.54) is 0 Å². The minimum absolute atomic E-state index is 0.536. The van der Waals surface area contributed by atoms with Crippen molar-refractivity contribution in [3.63, 3.8) is 0 Å². The van der Waals surface area contributed by atoms with Gasteiger partial charge in [0.05, 0.1) is 12.1 Å². The van der Waals surface area contributed by atoms with Gasteiger partial charge in [-0.2, -0.15) is 0 Å². The summed E-state index contributed by atoms with van der Waals surface area (Å²) in [6, 6.07) is 0. The SMILES string of the molecule is CNCC#CCC(C)(C)O. The van der Waals surface area contributed by atoms with Gasteiger partial charge in [-0.15, -0.1) is 0 Å². The molecule has 0 unspecified atom stereocenters. The fraction of sp³-hybridized carbons (Fsp3) is 0.750. The Morgan fingerprint density at radius 1 is 1.40 bits per heavy atom. The average Bonchev–Trinajstić information content (AvgIpc) is 1.78. The summed E-state index contributed by atoms with van der Waals surface area (Å²) < 4.78 is 0. The number of aliphatic hydroxyl groups is 1. The highest BCUT2D eigenvalue weighted by Crippen LogP contribution is 2.04. The van der Waals surface area contributed by atoms with Crippen molar-refractivity contribution in [3.8, 4) is 11.8 Å². The van der Waals surface area contributed by atoms with Crippen LogP contribution in [-0.4, -0.2) is 24.3 Å². The smallest absolute Gasteiger partial charge is 0.0700 e. The Morgan fingerprint density at radius 3 is 2.40 bits per heavy atom. The highest BCUT2D eigenvalue weighted by Gasteiger charge is 2.08.